The molecule has 0 unspecified atom stereocenters. The number of methoxy groups -OCH3 is 1. The third-order valence-corrected chi connectivity index (χ3v) is 8.11. The Balaban J connectivity index is 1.54. The number of halogens is 3. The standard InChI is InChI=1S/C34H32BrF2N3O5/c1-43-28-8-4-7-23(18-28)31-34(20-24-6-2-3-9-29(24)35,33(42)40-38-21-25-10-13-26(36)19-30(25)37)39-32(45-31)22-11-14-27(15-12-22)44-17-5-16-41/h2-4,6-15,18-19,31,38,41H,5,16-17,20-21H2,1H3,(H,40,42)/t31-,34-/m0/s1. The summed E-state index contributed by atoms with van der Waals surface area (Å²) in [6.45, 7) is 0.307. The van der Waals surface area contributed by atoms with Gasteiger partial charge in [0.1, 0.15) is 23.1 Å². The number of ether oxygens (including phenoxy) is 3. The minimum Gasteiger partial charge on any atom is -0.497 e. The minimum atomic E-state index is -1.53. The lowest BCUT2D eigenvalue weighted by Crippen LogP contribution is -2.53. The summed E-state index contributed by atoms with van der Waals surface area (Å²) < 4.78 is 46.2. The molecule has 0 saturated heterocycles. The van der Waals surface area contributed by atoms with Gasteiger partial charge in [0, 0.05) is 47.7 Å². The van der Waals surface area contributed by atoms with E-state index in [4.69, 9.17) is 24.3 Å². The zero-order valence-electron chi connectivity index (χ0n) is 24.4. The van der Waals surface area contributed by atoms with E-state index >= 15 is 0 Å². The first kappa shape index (κ1) is 32.1. The van der Waals surface area contributed by atoms with Gasteiger partial charge in [-0.2, -0.15) is 0 Å². The molecule has 234 valence electrons. The average molecular weight is 681 g/mol. The number of aliphatic hydroxyl groups excluding tert-OH is 1. The first-order valence-electron chi connectivity index (χ1n) is 14.3. The lowest BCUT2D eigenvalue weighted by Gasteiger charge is -2.31. The van der Waals surface area contributed by atoms with Gasteiger partial charge in [0.15, 0.2) is 11.6 Å². The lowest BCUT2D eigenvalue weighted by atomic mass is 9.82. The Morgan fingerprint density at radius 1 is 1.00 bits per heavy atom. The molecule has 0 aromatic heterocycles. The number of nitrogens with zero attached hydrogens (tertiary/aromatic N) is 1. The van der Waals surface area contributed by atoms with E-state index in [1.54, 1.807) is 43.5 Å². The fourth-order valence-corrected chi connectivity index (χ4v) is 5.44. The third kappa shape index (κ3) is 7.50. The summed E-state index contributed by atoms with van der Waals surface area (Å²) in [5.74, 6) is -0.506. The molecule has 0 spiro atoms. The van der Waals surface area contributed by atoms with Gasteiger partial charge >= 0.3 is 0 Å². The molecular formula is C34H32BrF2N3O5. The van der Waals surface area contributed by atoms with Gasteiger partial charge < -0.3 is 19.3 Å². The molecule has 0 aliphatic carbocycles. The molecular weight excluding hydrogens is 648 g/mol. The molecule has 8 nitrogen and oxygen atoms in total. The number of carbonyl (C=O) groups excluding carboxylic acids is 1. The predicted octanol–water partition coefficient (Wildman–Crippen LogP) is 5.82. The Hall–Kier alpha value is -4.32. The van der Waals surface area contributed by atoms with Crippen LogP contribution in [0.1, 0.15) is 34.8 Å². The maximum atomic E-state index is 14.3. The molecule has 4 aromatic rings. The molecule has 4 aromatic carbocycles. The van der Waals surface area contributed by atoms with E-state index in [0.717, 1.165) is 22.2 Å². The van der Waals surface area contributed by atoms with Crippen molar-refractivity contribution < 1.29 is 32.9 Å². The molecule has 0 radical (unpaired) electrons. The second kappa shape index (κ2) is 14.6. The van der Waals surface area contributed by atoms with Crippen LogP contribution in [0.3, 0.4) is 0 Å². The van der Waals surface area contributed by atoms with Crippen molar-refractivity contribution >= 4 is 27.7 Å². The monoisotopic (exact) mass is 679 g/mol. The van der Waals surface area contributed by atoms with Gasteiger partial charge in [0.05, 0.1) is 13.7 Å². The fraction of sp³-hybridized carbons (Fsp3) is 0.235. The number of amides is 1. The van der Waals surface area contributed by atoms with Crippen LogP contribution >= 0.6 is 15.9 Å². The Morgan fingerprint density at radius 3 is 2.53 bits per heavy atom. The maximum absolute atomic E-state index is 14.3. The molecule has 0 saturated carbocycles. The van der Waals surface area contributed by atoms with E-state index in [2.05, 4.69) is 26.8 Å². The largest absolute Gasteiger partial charge is 0.497 e. The maximum Gasteiger partial charge on any atom is 0.266 e. The van der Waals surface area contributed by atoms with Crippen LogP contribution in [0, 0.1) is 11.6 Å². The summed E-state index contributed by atoms with van der Waals surface area (Å²) >= 11 is 3.61. The number of carbonyl (C=O) groups is 1. The number of hydrazine groups is 1. The summed E-state index contributed by atoms with van der Waals surface area (Å²) in [6, 6.07) is 25.1. The topological polar surface area (TPSA) is 101 Å². The number of aliphatic imine (C=N–C) groups is 1. The highest BCUT2D eigenvalue weighted by Crippen LogP contribution is 2.44. The van der Waals surface area contributed by atoms with Crippen LogP contribution in [-0.2, 0) is 22.5 Å². The van der Waals surface area contributed by atoms with E-state index < -0.39 is 29.2 Å². The van der Waals surface area contributed by atoms with Crippen molar-refractivity contribution in [1.29, 1.82) is 0 Å². The fourth-order valence-electron chi connectivity index (χ4n) is 5.01. The molecule has 45 heavy (non-hydrogen) atoms. The molecule has 3 N–H and O–H groups in total. The van der Waals surface area contributed by atoms with Crippen molar-refractivity contribution in [3.05, 3.63) is 129 Å². The predicted molar refractivity (Wildman–Crippen MR) is 169 cm³/mol. The van der Waals surface area contributed by atoms with Gasteiger partial charge in [-0.3, -0.25) is 10.2 Å². The van der Waals surface area contributed by atoms with E-state index in [1.165, 1.54) is 6.07 Å². The van der Waals surface area contributed by atoms with Crippen molar-refractivity contribution in [3.63, 3.8) is 0 Å². The molecule has 1 heterocycles. The molecule has 1 aliphatic rings. The van der Waals surface area contributed by atoms with Gasteiger partial charge in [-0.05, 0) is 59.7 Å². The highest BCUT2D eigenvalue weighted by Gasteiger charge is 2.53. The van der Waals surface area contributed by atoms with Crippen molar-refractivity contribution in [1.82, 2.24) is 10.9 Å². The highest BCUT2D eigenvalue weighted by molar-refractivity contribution is 9.10. The van der Waals surface area contributed by atoms with E-state index in [0.29, 0.717) is 35.7 Å². The van der Waals surface area contributed by atoms with E-state index in [-0.39, 0.29) is 31.0 Å². The Morgan fingerprint density at radius 2 is 1.80 bits per heavy atom. The van der Waals surface area contributed by atoms with Gasteiger partial charge in [-0.15, -0.1) is 0 Å². The number of benzene rings is 4. The van der Waals surface area contributed by atoms with Gasteiger partial charge in [0.25, 0.3) is 5.91 Å². The number of nitrogens with one attached hydrogen (secondary N) is 2. The van der Waals surface area contributed by atoms with Crippen LogP contribution in [0.4, 0.5) is 8.78 Å². The van der Waals surface area contributed by atoms with Crippen molar-refractivity contribution in [2.45, 2.75) is 31.0 Å². The Labute approximate surface area is 268 Å². The van der Waals surface area contributed by atoms with Crippen LogP contribution in [0.5, 0.6) is 11.5 Å². The van der Waals surface area contributed by atoms with Crippen LogP contribution < -0.4 is 20.3 Å². The third-order valence-electron chi connectivity index (χ3n) is 7.34. The Kier molecular flexibility index (Phi) is 10.4. The van der Waals surface area contributed by atoms with Gasteiger partial charge in [0.2, 0.25) is 5.90 Å². The summed E-state index contributed by atoms with van der Waals surface area (Å²) in [6.07, 6.45) is -0.242. The first-order valence-corrected chi connectivity index (χ1v) is 15.1. The van der Waals surface area contributed by atoms with Crippen molar-refractivity contribution in [3.8, 4) is 11.5 Å². The summed E-state index contributed by atoms with van der Waals surface area (Å²) in [5, 5.41) is 9.04. The number of hydrogen-bond acceptors (Lipinski definition) is 7. The normalized spacial score (nSPS) is 17.4. The van der Waals surface area contributed by atoms with Crippen molar-refractivity contribution in [2.75, 3.05) is 20.3 Å². The Bertz CT molecular complexity index is 1670. The average Bonchev–Trinajstić information content (AvgIpc) is 3.44. The number of aliphatic hydroxyl groups is 1. The summed E-state index contributed by atoms with van der Waals surface area (Å²) in [5.41, 5.74) is 6.23. The zero-order valence-corrected chi connectivity index (χ0v) is 26.0. The quantitative estimate of drug-likeness (QED) is 0.122. The molecule has 5 rings (SSSR count). The van der Waals surface area contributed by atoms with Gasteiger partial charge in [-0.1, -0.05) is 52.3 Å². The molecule has 0 bridgehead atoms. The van der Waals surface area contributed by atoms with Crippen LogP contribution in [0.15, 0.2) is 100 Å². The molecule has 11 heteroatoms. The van der Waals surface area contributed by atoms with Gasteiger partial charge in [-0.25, -0.2) is 19.2 Å². The van der Waals surface area contributed by atoms with Crippen LogP contribution in [-0.4, -0.2) is 42.8 Å². The SMILES string of the molecule is COc1cccc([C@@H]2OC(c3ccc(OCCCO)cc3)=N[C@]2(Cc2ccccc2Br)C(=O)NNCc2ccc(F)cc2F)c1. The van der Waals surface area contributed by atoms with Crippen LogP contribution in [0.2, 0.25) is 0 Å². The van der Waals surface area contributed by atoms with E-state index in [1.807, 2.05) is 36.4 Å². The minimum absolute atomic E-state index is 0.0315. The zero-order chi connectivity index (χ0) is 31.8. The first-order chi connectivity index (χ1) is 21.8. The highest BCUT2D eigenvalue weighted by atomic mass is 79.9. The molecule has 1 aliphatic heterocycles. The number of hydrogen-bond donors (Lipinski definition) is 3. The molecule has 2 atom stereocenters. The lowest BCUT2D eigenvalue weighted by molar-refractivity contribution is -0.130. The summed E-state index contributed by atoms with van der Waals surface area (Å²) in [7, 11) is 1.56. The molecule has 1 amide bonds. The number of rotatable bonds is 13. The van der Waals surface area contributed by atoms with E-state index in [9.17, 15) is 13.6 Å². The van der Waals surface area contributed by atoms with Crippen molar-refractivity contribution in [2.24, 2.45) is 4.99 Å². The second-order valence-electron chi connectivity index (χ2n) is 10.4. The smallest absolute Gasteiger partial charge is 0.266 e. The summed E-state index contributed by atoms with van der Waals surface area (Å²) in [4.78, 5) is 19.3. The van der Waals surface area contributed by atoms with Crippen LogP contribution in [0.25, 0.3) is 0 Å². The second-order valence-corrected chi connectivity index (χ2v) is 11.2. The molecule has 0 fully saturated rings.